The molecule has 1 fully saturated rings. The average Bonchev–Trinajstić information content (AvgIpc) is 2.74. The highest BCUT2D eigenvalue weighted by atomic mass is 15.2. The maximum Gasteiger partial charge on any atom is 0.174 e. The third-order valence-electron chi connectivity index (χ3n) is 2.95. The largest absolute Gasteiger partial charge is 0.317 e. The average molecular weight is 203 g/mol. The Labute approximate surface area is 87.3 Å². The van der Waals surface area contributed by atoms with Gasteiger partial charge in [-0.1, -0.05) is 0 Å². The molecule has 0 unspecified atom stereocenters. The fraction of sp³-hybridized carbons (Fsp3) is 0.500. The van der Waals surface area contributed by atoms with E-state index in [1.807, 2.05) is 0 Å². The lowest BCUT2D eigenvalue weighted by molar-refractivity contribution is 0.454. The van der Waals surface area contributed by atoms with Crippen LogP contribution < -0.4 is 5.32 Å². The minimum Gasteiger partial charge on any atom is -0.317 e. The molecule has 2 aromatic heterocycles. The molecule has 3 rings (SSSR count). The lowest BCUT2D eigenvalue weighted by Crippen LogP contribution is -2.26. The monoisotopic (exact) mass is 203 g/mol. The molecule has 1 aliphatic heterocycles. The van der Waals surface area contributed by atoms with Crippen LogP contribution in [0.2, 0.25) is 0 Å². The van der Waals surface area contributed by atoms with E-state index < -0.39 is 0 Å². The lowest BCUT2D eigenvalue weighted by atomic mass is 9.94. The first kappa shape index (κ1) is 8.79. The number of hydrogen-bond donors (Lipinski definition) is 2. The second-order valence-electron chi connectivity index (χ2n) is 3.89. The van der Waals surface area contributed by atoms with Crippen molar-refractivity contribution in [2.24, 2.45) is 0 Å². The Morgan fingerprint density at radius 2 is 1.93 bits per heavy atom. The van der Waals surface area contributed by atoms with Crippen LogP contribution in [0.25, 0.3) is 11.2 Å². The standard InChI is InChI=1S/C10H13N5/c1-3-11-4-2-7(1)8-9-10(15-14-8)13-6-5-12-9/h5-7,11H,1-4H2,(H,13,14,15). The van der Waals surface area contributed by atoms with Gasteiger partial charge in [-0.2, -0.15) is 5.10 Å². The number of H-pyrrole nitrogens is 1. The highest BCUT2D eigenvalue weighted by Crippen LogP contribution is 2.27. The maximum absolute atomic E-state index is 4.34. The Bertz CT molecular complexity index is 458. The zero-order valence-electron chi connectivity index (χ0n) is 8.40. The van der Waals surface area contributed by atoms with Gasteiger partial charge in [0, 0.05) is 18.3 Å². The molecule has 0 aliphatic carbocycles. The minimum absolute atomic E-state index is 0.525. The van der Waals surface area contributed by atoms with Crippen LogP contribution >= 0.6 is 0 Å². The van der Waals surface area contributed by atoms with Crippen LogP contribution in [0.5, 0.6) is 0 Å². The lowest BCUT2D eigenvalue weighted by Gasteiger charge is -2.20. The van der Waals surface area contributed by atoms with Gasteiger partial charge in [0.2, 0.25) is 0 Å². The molecule has 3 heterocycles. The quantitative estimate of drug-likeness (QED) is 0.720. The van der Waals surface area contributed by atoms with E-state index >= 15 is 0 Å². The molecule has 2 N–H and O–H groups in total. The number of rotatable bonds is 1. The van der Waals surface area contributed by atoms with Crippen molar-refractivity contribution in [3.05, 3.63) is 18.1 Å². The molecule has 78 valence electrons. The Kier molecular flexibility index (Phi) is 2.10. The molecule has 0 spiro atoms. The van der Waals surface area contributed by atoms with Crippen molar-refractivity contribution in [2.75, 3.05) is 13.1 Å². The highest BCUT2D eigenvalue weighted by molar-refractivity contribution is 5.72. The zero-order valence-corrected chi connectivity index (χ0v) is 8.40. The van der Waals surface area contributed by atoms with Gasteiger partial charge >= 0.3 is 0 Å². The Morgan fingerprint density at radius 1 is 1.13 bits per heavy atom. The number of nitrogens with zero attached hydrogens (tertiary/aromatic N) is 3. The van der Waals surface area contributed by atoms with Crippen LogP contribution in [-0.4, -0.2) is 33.3 Å². The summed E-state index contributed by atoms with van der Waals surface area (Å²) in [6.07, 6.45) is 5.68. The summed E-state index contributed by atoms with van der Waals surface area (Å²) in [6, 6.07) is 0. The second-order valence-corrected chi connectivity index (χ2v) is 3.89. The van der Waals surface area contributed by atoms with E-state index in [0.717, 1.165) is 42.8 Å². The SMILES string of the molecule is c1cnc2c(C3CCNCC3)n[nH]c2n1. The van der Waals surface area contributed by atoms with E-state index in [9.17, 15) is 0 Å². The number of piperidine rings is 1. The normalized spacial score (nSPS) is 18.4. The highest BCUT2D eigenvalue weighted by Gasteiger charge is 2.20. The van der Waals surface area contributed by atoms with Crippen molar-refractivity contribution in [1.82, 2.24) is 25.5 Å². The van der Waals surface area contributed by atoms with Crippen LogP contribution in [0, 0.1) is 0 Å². The maximum atomic E-state index is 4.34. The Hall–Kier alpha value is -1.49. The van der Waals surface area contributed by atoms with Gasteiger partial charge in [0.25, 0.3) is 0 Å². The first-order valence-electron chi connectivity index (χ1n) is 5.31. The van der Waals surface area contributed by atoms with Crippen LogP contribution in [0.1, 0.15) is 24.5 Å². The van der Waals surface area contributed by atoms with Crippen LogP contribution in [0.4, 0.5) is 0 Å². The van der Waals surface area contributed by atoms with Crippen LogP contribution in [-0.2, 0) is 0 Å². The summed E-state index contributed by atoms with van der Waals surface area (Å²) in [5.74, 6) is 0.525. The first-order valence-corrected chi connectivity index (χ1v) is 5.31. The van der Waals surface area contributed by atoms with Crippen molar-refractivity contribution in [3.8, 4) is 0 Å². The number of nitrogens with one attached hydrogen (secondary N) is 2. The molecular weight excluding hydrogens is 190 g/mol. The molecule has 1 aliphatic rings. The van der Waals surface area contributed by atoms with Gasteiger partial charge in [-0.25, -0.2) is 9.97 Å². The predicted octanol–water partition coefficient (Wildman–Crippen LogP) is 0.820. The van der Waals surface area contributed by atoms with Crippen molar-refractivity contribution < 1.29 is 0 Å². The Balaban J connectivity index is 2.02. The first-order chi connectivity index (χ1) is 7.45. The second kappa shape index (κ2) is 3.58. The summed E-state index contributed by atoms with van der Waals surface area (Å²) >= 11 is 0. The summed E-state index contributed by atoms with van der Waals surface area (Å²) in [5.41, 5.74) is 2.81. The molecule has 0 aromatic carbocycles. The van der Waals surface area contributed by atoms with Gasteiger partial charge in [0.05, 0.1) is 5.69 Å². The molecule has 0 bridgehead atoms. The number of hydrogen-bond acceptors (Lipinski definition) is 4. The van der Waals surface area contributed by atoms with E-state index in [-0.39, 0.29) is 0 Å². The van der Waals surface area contributed by atoms with Gasteiger partial charge in [0.15, 0.2) is 5.65 Å². The van der Waals surface area contributed by atoms with E-state index in [1.54, 1.807) is 12.4 Å². The molecule has 0 atom stereocenters. The third-order valence-corrected chi connectivity index (χ3v) is 2.95. The Morgan fingerprint density at radius 3 is 2.80 bits per heavy atom. The number of fused-ring (bicyclic) bond motifs is 1. The fourth-order valence-electron chi connectivity index (χ4n) is 2.15. The molecule has 1 saturated heterocycles. The molecule has 2 aromatic rings. The summed E-state index contributed by atoms with van der Waals surface area (Å²) in [7, 11) is 0. The fourth-order valence-corrected chi connectivity index (χ4v) is 2.15. The molecule has 0 saturated carbocycles. The minimum atomic E-state index is 0.525. The molecule has 0 amide bonds. The molecular formula is C10H13N5. The summed E-state index contributed by atoms with van der Waals surface area (Å²) in [4.78, 5) is 8.54. The van der Waals surface area contributed by atoms with Gasteiger partial charge in [-0.05, 0) is 25.9 Å². The smallest absolute Gasteiger partial charge is 0.174 e. The zero-order chi connectivity index (χ0) is 10.1. The topological polar surface area (TPSA) is 66.5 Å². The van der Waals surface area contributed by atoms with Gasteiger partial charge in [-0.15, -0.1) is 0 Å². The molecule has 15 heavy (non-hydrogen) atoms. The van der Waals surface area contributed by atoms with Gasteiger partial charge in [0.1, 0.15) is 5.52 Å². The van der Waals surface area contributed by atoms with Gasteiger partial charge < -0.3 is 5.32 Å². The van der Waals surface area contributed by atoms with E-state index in [0.29, 0.717) is 5.92 Å². The van der Waals surface area contributed by atoms with Crippen LogP contribution in [0.3, 0.4) is 0 Å². The molecule has 0 radical (unpaired) electrons. The van der Waals surface area contributed by atoms with Crippen molar-refractivity contribution >= 4 is 11.2 Å². The van der Waals surface area contributed by atoms with Crippen molar-refractivity contribution in [3.63, 3.8) is 0 Å². The van der Waals surface area contributed by atoms with Crippen molar-refractivity contribution in [2.45, 2.75) is 18.8 Å². The summed E-state index contributed by atoms with van der Waals surface area (Å²) in [6.45, 7) is 2.14. The molecule has 5 nitrogen and oxygen atoms in total. The predicted molar refractivity (Wildman–Crippen MR) is 56.5 cm³/mol. The van der Waals surface area contributed by atoms with Gasteiger partial charge in [-0.3, -0.25) is 5.10 Å². The molecule has 5 heteroatoms. The van der Waals surface area contributed by atoms with E-state index in [1.165, 1.54) is 0 Å². The van der Waals surface area contributed by atoms with E-state index in [4.69, 9.17) is 0 Å². The van der Waals surface area contributed by atoms with Crippen molar-refractivity contribution in [1.29, 1.82) is 0 Å². The number of aromatic amines is 1. The number of aromatic nitrogens is 4. The summed E-state index contributed by atoms with van der Waals surface area (Å²) < 4.78 is 0. The van der Waals surface area contributed by atoms with Crippen LogP contribution in [0.15, 0.2) is 12.4 Å². The van der Waals surface area contributed by atoms with E-state index in [2.05, 4.69) is 25.5 Å². The third kappa shape index (κ3) is 1.48. The summed E-state index contributed by atoms with van der Waals surface area (Å²) in [5, 5.41) is 10.6.